The molecule has 0 bridgehead atoms. The first-order valence-corrected chi connectivity index (χ1v) is 12.3. The van der Waals surface area contributed by atoms with Crippen molar-refractivity contribution in [3.8, 4) is 11.5 Å². The van der Waals surface area contributed by atoms with E-state index in [2.05, 4.69) is 0 Å². The zero-order valence-electron chi connectivity index (χ0n) is 20.2. The average molecular weight is 529 g/mol. The second kappa shape index (κ2) is 11.9. The first-order valence-electron chi connectivity index (χ1n) is 11.9. The molecule has 37 heavy (non-hydrogen) atoms. The van der Waals surface area contributed by atoms with Gasteiger partial charge in [0.25, 0.3) is 0 Å². The summed E-state index contributed by atoms with van der Waals surface area (Å²) in [7, 11) is 0. The Hall–Kier alpha value is -3.14. The summed E-state index contributed by atoms with van der Waals surface area (Å²) in [5.74, 6) is -0.0425. The Morgan fingerprint density at radius 3 is 2.38 bits per heavy atom. The molecular weight excluding hydrogens is 500 g/mol. The summed E-state index contributed by atoms with van der Waals surface area (Å²) in [5, 5.41) is 41.5. The van der Waals surface area contributed by atoms with E-state index in [0.29, 0.717) is 23.6 Å². The maximum Gasteiger partial charge on any atom is 0.335 e. The van der Waals surface area contributed by atoms with Crippen molar-refractivity contribution in [3.63, 3.8) is 0 Å². The Morgan fingerprint density at radius 1 is 0.919 bits per heavy atom. The van der Waals surface area contributed by atoms with Crippen LogP contribution < -0.4 is 9.47 Å². The van der Waals surface area contributed by atoms with Gasteiger partial charge in [-0.2, -0.15) is 0 Å². The second-order valence-electron chi connectivity index (χ2n) is 8.82. The van der Waals surface area contributed by atoms with Crippen molar-refractivity contribution in [2.75, 3.05) is 13.2 Å². The summed E-state index contributed by atoms with van der Waals surface area (Å²) < 4.78 is 17.1. The van der Waals surface area contributed by atoms with Crippen LogP contribution in [0, 0.1) is 0 Å². The molecular formula is C28H29ClO8. The molecule has 1 aliphatic heterocycles. The monoisotopic (exact) mass is 528 g/mol. The normalized spacial score (nSPS) is 23.4. The minimum absolute atomic E-state index is 0.0529. The number of aliphatic hydroxyl groups excluding tert-OH is 3. The highest BCUT2D eigenvalue weighted by atomic mass is 35.5. The van der Waals surface area contributed by atoms with Crippen LogP contribution in [0.5, 0.6) is 11.5 Å². The Balaban J connectivity index is 1.50. The number of halogens is 1. The van der Waals surface area contributed by atoms with Gasteiger partial charge in [-0.05, 0) is 66.4 Å². The Morgan fingerprint density at radius 2 is 1.68 bits per heavy atom. The van der Waals surface area contributed by atoms with Gasteiger partial charge in [-0.1, -0.05) is 41.9 Å². The van der Waals surface area contributed by atoms with E-state index in [1.54, 1.807) is 18.2 Å². The molecule has 1 saturated heterocycles. The number of carbonyl (C=O) groups is 1. The van der Waals surface area contributed by atoms with Gasteiger partial charge in [0.2, 0.25) is 0 Å². The highest BCUT2D eigenvalue weighted by Crippen LogP contribution is 2.35. The van der Waals surface area contributed by atoms with E-state index in [4.69, 9.17) is 30.9 Å². The fourth-order valence-electron chi connectivity index (χ4n) is 4.26. The van der Waals surface area contributed by atoms with Crippen LogP contribution in [0.4, 0.5) is 0 Å². The van der Waals surface area contributed by atoms with Gasteiger partial charge in [-0.25, -0.2) is 4.79 Å². The largest absolute Gasteiger partial charge is 0.494 e. The van der Waals surface area contributed by atoms with Crippen LogP contribution in [0.25, 0.3) is 0 Å². The van der Waals surface area contributed by atoms with Crippen LogP contribution in [0.2, 0.25) is 5.02 Å². The summed E-state index contributed by atoms with van der Waals surface area (Å²) in [6.45, 7) is 2.33. The zero-order chi connectivity index (χ0) is 26.5. The van der Waals surface area contributed by atoms with Gasteiger partial charge in [-0.15, -0.1) is 0 Å². The van der Waals surface area contributed by atoms with E-state index >= 15 is 0 Å². The zero-order valence-corrected chi connectivity index (χ0v) is 20.9. The van der Waals surface area contributed by atoms with Crippen LogP contribution in [0.3, 0.4) is 0 Å². The van der Waals surface area contributed by atoms with Gasteiger partial charge < -0.3 is 34.6 Å². The quantitative estimate of drug-likeness (QED) is 0.332. The van der Waals surface area contributed by atoms with Gasteiger partial charge in [-0.3, -0.25) is 0 Å². The van der Waals surface area contributed by atoms with Crippen molar-refractivity contribution in [2.45, 2.75) is 43.9 Å². The minimum atomic E-state index is -1.48. The molecule has 3 aromatic carbocycles. The molecule has 1 fully saturated rings. The lowest BCUT2D eigenvalue weighted by Gasteiger charge is -2.40. The summed E-state index contributed by atoms with van der Waals surface area (Å²) in [5.41, 5.74) is 2.45. The summed E-state index contributed by atoms with van der Waals surface area (Å²) in [4.78, 5) is 11.2. The number of hydrogen-bond acceptors (Lipinski definition) is 7. The number of carboxylic acids is 1. The summed E-state index contributed by atoms with van der Waals surface area (Å²) in [6, 6.07) is 18.8. The fourth-order valence-corrected chi connectivity index (χ4v) is 4.44. The van der Waals surface area contributed by atoms with Gasteiger partial charge in [0.05, 0.1) is 12.2 Å². The van der Waals surface area contributed by atoms with E-state index in [1.807, 2.05) is 37.3 Å². The Kier molecular flexibility index (Phi) is 8.68. The van der Waals surface area contributed by atoms with Crippen molar-refractivity contribution >= 4 is 17.6 Å². The third-order valence-electron chi connectivity index (χ3n) is 6.23. The van der Waals surface area contributed by atoms with Crippen LogP contribution in [-0.2, 0) is 11.2 Å². The number of benzene rings is 3. The molecule has 1 aliphatic rings. The molecule has 0 unspecified atom stereocenters. The van der Waals surface area contributed by atoms with E-state index in [9.17, 15) is 20.1 Å². The number of ether oxygens (including phenoxy) is 3. The SMILES string of the molecule is CCOc1ccc(Cc2cc([C@@H]3O[C@H](COc4cccc(C(=O)O)c4)[C@H](O)[C@@H](O)[C@H]3O)ccc2Cl)cc1. The molecule has 8 nitrogen and oxygen atoms in total. The molecule has 196 valence electrons. The van der Waals surface area contributed by atoms with E-state index in [-0.39, 0.29) is 17.9 Å². The molecule has 5 atom stereocenters. The molecule has 0 aromatic heterocycles. The Labute approximate surface area is 219 Å². The lowest BCUT2D eigenvalue weighted by atomic mass is 9.90. The van der Waals surface area contributed by atoms with Crippen LogP contribution in [-0.4, -0.2) is 64.0 Å². The van der Waals surface area contributed by atoms with Crippen molar-refractivity contribution in [3.05, 3.63) is 94.0 Å². The van der Waals surface area contributed by atoms with Gasteiger partial charge in [0.15, 0.2) is 0 Å². The molecule has 0 amide bonds. The van der Waals surface area contributed by atoms with Crippen LogP contribution >= 0.6 is 11.6 Å². The number of aliphatic hydroxyl groups is 3. The third-order valence-corrected chi connectivity index (χ3v) is 6.60. The number of hydrogen-bond donors (Lipinski definition) is 4. The lowest BCUT2D eigenvalue weighted by Crippen LogP contribution is -2.55. The molecule has 0 aliphatic carbocycles. The van der Waals surface area contributed by atoms with E-state index < -0.39 is 36.5 Å². The molecule has 9 heteroatoms. The van der Waals surface area contributed by atoms with Crippen molar-refractivity contribution in [1.82, 2.24) is 0 Å². The smallest absolute Gasteiger partial charge is 0.335 e. The maximum absolute atomic E-state index is 11.2. The molecule has 0 saturated carbocycles. The molecule has 0 spiro atoms. The van der Waals surface area contributed by atoms with Crippen molar-refractivity contribution < 1.29 is 39.4 Å². The lowest BCUT2D eigenvalue weighted by molar-refractivity contribution is -0.230. The molecule has 0 radical (unpaired) electrons. The van der Waals surface area contributed by atoms with Crippen LogP contribution in [0.15, 0.2) is 66.7 Å². The highest BCUT2D eigenvalue weighted by molar-refractivity contribution is 6.31. The number of rotatable bonds is 9. The number of aromatic carboxylic acids is 1. The Bertz CT molecular complexity index is 1220. The fraction of sp³-hybridized carbons (Fsp3) is 0.321. The topological polar surface area (TPSA) is 126 Å². The van der Waals surface area contributed by atoms with Gasteiger partial charge in [0, 0.05) is 5.02 Å². The molecule has 1 heterocycles. The van der Waals surface area contributed by atoms with E-state index in [1.165, 1.54) is 18.2 Å². The van der Waals surface area contributed by atoms with Crippen LogP contribution in [0.1, 0.15) is 40.1 Å². The van der Waals surface area contributed by atoms with Gasteiger partial charge in [0.1, 0.15) is 48.6 Å². The summed E-state index contributed by atoms with van der Waals surface area (Å²) in [6.07, 6.45) is -5.69. The van der Waals surface area contributed by atoms with Crippen molar-refractivity contribution in [1.29, 1.82) is 0 Å². The predicted molar refractivity (Wildman–Crippen MR) is 136 cm³/mol. The minimum Gasteiger partial charge on any atom is -0.494 e. The summed E-state index contributed by atoms with van der Waals surface area (Å²) >= 11 is 6.46. The maximum atomic E-state index is 11.2. The molecule has 4 rings (SSSR count). The third kappa shape index (κ3) is 6.41. The number of carboxylic acid groups (broad SMARTS) is 1. The van der Waals surface area contributed by atoms with Gasteiger partial charge >= 0.3 is 5.97 Å². The van der Waals surface area contributed by atoms with E-state index in [0.717, 1.165) is 16.9 Å². The average Bonchev–Trinajstić information content (AvgIpc) is 2.90. The molecule has 3 aromatic rings. The highest BCUT2D eigenvalue weighted by Gasteiger charge is 2.44. The predicted octanol–water partition coefficient (Wildman–Crippen LogP) is 3.63. The first-order chi connectivity index (χ1) is 17.8. The van der Waals surface area contributed by atoms with Crippen molar-refractivity contribution in [2.24, 2.45) is 0 Å². The first kappa shape index (κ1) is 26.9. The standard InChI is InChI=1S/C28H29ClO8/c1-2-35-20-9-6-16(7-10-20)12-19-13-17(8-11-22(19)29)27-26(32)25(31)24(30)23(37-27)15-36-21-5-3-4-18(14-21)28(33)34/h3-11,13-14,23-27,30-32H,2,12,15H2,1H3,(H,33,34)/t23-,24+,25-,26-,27+/m1/s1. The second-order valence-corrected chi connectivity index (χ2v) is 9.22. The molecule has 4 N–H and O–H groups in total.